The fourth-order valence-electron chi connectivity index (χ4n) is 2.13. The standard InChI is InChI=1S/C17H14N4O3.C2HF3O2/c1-23-16-20-21(17(22)24-16)15-8-6-14(7-9-15)19-11-13-4-2-12(10-18)3-5-13;3-2(4,5)1(6)7/h2-9,19H,11H2,1H3;(H,6,7). The van der Waals surface area contributed by atoms with E-state index in [1.807, 2.05) is 24.3 Å². The lowest BCUT2D eigenvalue weighted by molar-refractivity contribution is -0.192. The highest BCUT2D eigenvalue weighted by Crippen LogP contribution is 2.15. The predicted molar refractivity (Wildman–Crippen MR) is 101 cm³/mol. The number of aliphatic carboxylic acids is 1. The van der Waals surface area contributed by atoms with Gasteiger partial charge in [0.15, 0.2) is 0 Å². The summed E-state index contributed by atoms with van der Waals surface area (Å²) in [7, 11) is 1.38. The summed E-state index contributed by atoms with van der Waals surface area (Å²) in [5.74, 6) is -3.36. The van der Waals surface area contributed by atoms with Crippen molar-refractivity contribution in [2.24, 2.45) is 0 Å². The van der Waals surface area contributed by atoms with Gasteiger partial charge in [-0.05, 0) is 42.0 Å². The number of benzene rings is 2. The molecule has 0 aliphatic carbocycles. The van der Waals surface area contributed by atoms with Gasteiger partial charge in [0.05, 0.1) is 24.4 Å². The van der Waals surface area contributed by atoms with Crippen LogP contribution in [0.5, 0.6) is 6.08 Å². The van der Waals surface area contributed by atoms with Crippen LogP contribution in [0.1, 0.15) is 11.1 Å². The summed E-state index contributed by atoms with van der Waals surface area (Å²) in [6.07, 6.45) is -5.16. The van der Waals surface area contributed by atoms with Crippen LogP contribution in [0.4, 0.5) is 18.9 Å². The smallest absolute Gasteiger partial charge is 0.475 e. The first-order chi connectivity index (χ1) is 14.6. The summed E-state index contributed by atoms with van der Waals surface area (Å²) < 4.78 is 42.5. The topological polar surface area (TPSA) is 130 Å². The van der Waals surface area contributed by atoms with Crippen LogP contribution >= 0.6 is 0 Å². The number of hydrogen-bond acceptors (Lipinski definition) is 7. The van der Waals surface area contributed by atoms with E-state index in [4.69, 9.17) is 24.3 Å². The molecule has 0 aliphatic heterocycles. The lowest BCUT2D eigenvalue weighted by Crippen LogP contribution is -2.21. The van der Waals surface area contributed by atoms with Crippen LogP contribution < -0.4 is 15.8 Å². The minimum Gasteiger partial charge on any atom is -0.475 e. The van der Waals surface area contributed by atoms with Crippen LogP contribution in [0.3, 0.4) is 0 Å². The van der Waals surface area contributed by atoms with Crippen LogP contribution in [-0.2, 0) is 11.3 Å². The molecule has 162 valence electrons. The van der Waals surface area contributed by atoms with E-state index in [-0.39, 0.29) is 6.08 Å². The van der Waals surface area contributed by atoms with Gasteiger partial charge in [-0.1, -0.05) is 17.2 Å². The number of methoxy groups -OCH3 is 1. The van der Waals surface area contributed by atoms with Gasteiger partial charge in [0.1, 0.15) is 0 Å². The summed E-state index contributed by atoms with van der Waals surface area (Å²) in [5.41, 5.74) is 3.18. The van der Waals surface area contributed by atoms with Gasteiger partial charge < -0.3 is 19.6 Å². The number of hydrogen-bond donors (Lipinski definition) is 2. The van der Waals surface area contributed by atoms with Gasteiger partial charge in [-0.15, -0.1) is 0 Å². The van der Waals surface area contributed by atoms with Crippen LogP contribution in [0.2, 0.25) is 0 Å². The second kappa shape index (κ2) is 9.97. The maximum Gasteiger partial charge on any atom is 0.490 e. The number of aromatic nitrogens is 2. The zero-order valence-electron chi connectivity index (χ0n) is 15.9. The van der Waals surface area contributed by atoms with Crippen LogP contribution in [0.15, 0.2) is 57.7 Å². The third kappa shape index (κ3) is 6.64. The Labute approximate surface area is 172 Å². The first-order valence-corrected chi connectivity index (χ1v) is 8.41. The third-order valence-electron chi connectivity index (χ3n) is 3.64. The SMILES string of the molecule is COc1nn(-c2ccc(NCc3ccc(C#N)cc3)cc2)c(=O)o1.O=C(O)C(F)(F)F. The molecule has 0 fully saturated rings. The second-order valence-electron chi connectivity index (χ2n) is 5.76. The van der Waals surface area contributed by atoms with E-state index in [1.165, 1.54) is 7.11 Å². The predicted octanol–water partition coefficient (Wildman–Crippen LogP) is 2.95. The number of carboxylic acid groups (broad SMARTS) is 1. The lowest BCUT2D eigenvalue weighted by Gasteiger charge is -2.07. The highest BCUT2D eigenvalue weighted by molar-refractivity contribution is 5.73. The van der Waals surface area contributed by atoms with E-state index in [0.717, 1.165) is 15.9 Å². The summed E-state index contributed by atoms with van der Waals surface area (Å²) in [6.45, 7) is 0.628. The van der Waals surface area contributed by atoms with E-state index in [9.17, 15) is 18.0 Å². The van der Waals surface area contributed by atoms with Gasteiger partial charge in [0.2, 0.25) is 0 Å². The number of carbonyl (C=O) groups is 1. The Morgan fingerprint density at radius 3 is 2.26 bits per heavy atom. The summed E-state index contributed by atoms with van der Waals surface area (Å²) in [5, 5.41) is 23.1. The Morgan fingerprint density at radius 1 is 1.23 bits per heavy atom. The Balaban J connectivity index is 0.000000423. The second-order valence-corrected chi connectivity index (χ2v) is 5.76. The fourth-order valence-corrected chi connectivity index (χ4v) is 2.13. The Hall–Kier alpha value is -4.27. The van der Waals surface area contributed by atoms with E-state index < -0.39 is 17.9 Å². The molecular formula is C19H15F3N4O5. The van der Waals surface area contributed by atoms with Crippen molar-refractivity contribution >= 4 is 11.7 Å². The monoisotopic (exact) mass is 436 g/mol. The highest BCUT2D eigenvalue weighted by atomic mass is 19.4. The number of nitriles is 1. The van der Waals surface area contributed by atoms with Crippen molar-refractivity contribution < 1.29 is 32.2 Å². The van der Waals surface area contributed by atoms with E-state index in [1.54, 1.807) is 24.3 Å². The average Bonchev–Trinajstić information content (AvgIpc) is 3.13. The van der Waals surface area contributed by atoms with Crippen molar-refractivity contribution in [3.63, 3.8) is 0 Å². The molecule has 12 heteroatoms. The van der Waals surface area contributed by atoms with Gasteiger partial charge in [0, 0.05) is 12.2 Å². The number of anilines is 1. The van der Waals surface area contributed by atoms with Crippen LogP contribution in [0, 0.1) is 11.3 Å². The molecular weight excluding hydrogens is 421 g/mol. The van der Waals surface area contributed by atoms with Crippen molar-refractivity contribution in [1.29, 1.82) is 5.26 Å². The number of alkyl halides is 3. The van der Waals surface area contributed by atoms with Gasteiger partial charge >= 0.3 is 24.0 Å². The molecule has 1 aromatic heterocycles. The van der Waals surface area contributed by atoms with Crippen molar-refractivity contribution in [2.45, 2.75) is 12.7 Å². The number of ether oxygens (including phenoxy) is 1. The Kier molecular flexibility index (Phi) is 7.40. The van der Waals surface area contributed by atoms with E-state index >= 15 is 0 Å². The fraction of sp³-hybridized carbons (Fsp3) is 0.158. The number of carboxylic acids is 1. The number of nitrogens with one attached hydrogen (secondary N) is 1. The van der Waals surface area contributed by atoms with Gasteiger partial charge in [-0.25, -0.2) is 9.59 Å². The molecule has 0 saturated heterocycles. The molecule has 2 N–H and O–H groups in total. The highest BCUT2D eigenvalue weighted by Gasteiger charge is 2.38. The van der Waals surface area contributed by atoms with Crippen molar-refractivity contribution in [3.8, 4) is 17.8 Å². The summed E-state index contributed by atoms with van der Waals surface area (Å²) in [4.78, 5) is 20.6. The molecule has 3 rings (SSSR count). The van der Waals surface area contributed by atoms with Crippen molar-refractivity contribution in [3.05, 3.63) is 70.2 Å². The summed E-state index contributed by atoms with van der Waals surface area (Å²) >= 11 is 0. The summed E-state index contributed by atoms with van der Waals surface area (Å²) in [6, 6.07) is 16.7. The maximum atomic E-state index is 11.7. The van der Waals surface area contributed by atoms with Crippen molar-refractivity contribution in [1.82, 2.24) is 9.78 Å². The third-order valence-corrected chi connectivity index (χ3v) is 3.64. The minimum absolute atomic E-state index is 0.0805. The number of halogens is 3. The molecule has 31 heavy (non-hydrogen) atoms. The van der Waals surface area contributed by atoms with Gasteiger partial charge in [-0.2, -0.15) is 23.1 Å². The van der Waals surface area contributed by atoms with E-state index in [2.05, 4.69) is 16.5 Å². The normalized spacial score (nSPS) is 10.4. The first kappa shape index (κ1) is 23.0. The molecule has 0 unspecified atom stereocenters. The molecule has 0 aliphatic rings. The van der Waals surface area contributed by atoms with Crippen LogP contribution in [-0.4, -0.2) is 34.1 Å². The van der Waals surface area contributed by atoms with Gasteiger partial charge in [-0.3, -0.25) is 0 Å². The molecule has 0 atom stereocenters. The largest absolute Gasteiger partial charge is 0.490 e. The molecule has 0 radical (unpaired) electrons. The first-order valence-electron chi connectivity index (χ1n) is 8.41. The molecule has 9 nitrogen and oxygen atoms in total. The Morgan fingerprint density at radius 2 is 1.81 bits per heavy atom. The molecule has 2 aromatic carbocycles. The van der Waals surface area contributed by atoms with Crippen molar-refractivity contribution in [2.75, 3.05) is 12.4 Å². The molecule has 0 amide bonds. The lowest BCUT2D eigenvalue weighted by atomic mass is 10.1. The molecule has 0 saturated carbocycles. The number of rotatable bonds is 5. The van der Waals surface area contributed by atoms with Crippen LogP contribution in [0.25, 0.3) is 5.69 Å². The molecule has 0 bridgehead atoms. The Bertz CT molecular complexity index is 1110. The zero-order chi connectivity index (χ0) is 23.0. The number of nitrogens with zero attached hydrogens (tertiary/aromatic N) is 3. The molecule has 3 aromatic rings. The minimum atomic E-state index is -5.08. The van der Waals surface area contributed by atoms with E-state index in [0.29, 0.717) is 17.8 Å². The molecule has 1 heterocycles. The zero-order valence-corrected chi connectivity index (χ0v) is 15.9. The van der Waals surface area contributed by atoms with Gasteiger partial charge in [0.25, 0.3) is 0 Å². The molecule has 0 spiro atoms. The maximum absolute atomic E-state index is 11.7. The average molecular weight is 436 g/mol. The quantitative estimate of drug-likeness (QED) is 0.624.